The van der Waals surface area contributed by atoms with Gasteiger partial charge in [-0.3, -0.25) is 0 Å². The fourth-order valence-corrected chi connectivity index (χ4v) is 0.889. The quantitative estimate of drug-likeness (QED) is 0.316. The van der Waals surface area contributed by atoms with E-state index in [1.165, 1.54) is 6.07 Å². The molecule has 0 aliphatic carbocycles. The molecule has 0 spiro atoms. The number of hydrogen-bond donors (Lipinski definition) is 3. The maximum absolute atomic E-state index is 12.8. The highest BCUT2D eigenvalue weighted by atomic mass is 32.1. The van der Waals surface area contributed by atoms with Crippen LogP contribution in [0.25, 0.3) is 0 Å². The molecule has 18 heavy (non-hydrogen) atoms. The molecule has 1 rings (SSSR count). The van der Waals surface area contributed by atoms with Crippen molar-refractivity contribution in [1.29, 1.82) is 0 Å². The number of carboxylic acids is 1. The summed E-state index contributed by atoms with van der Waals surface area (Å²) in [6, 6.07) is 6.19. The van der Waals surface area contributed by atoms with Crippen molar-refractivity contribution in [3.63, 3.8) is 0 Å². The van der Waals surface area contributed by atoms with Crippen molar-refractivity contribution in [3.05, 3.63) is 35.6 Å². The van der Waals surface area contributed by atoms with Crippen LogP contribution < -0.4 is 11.3 Å². The Balaban J connectivity index is 0.000000360. The molecule has 0 fully saturated rings. The molecule has 0 heterocycles. The molecular formula is C9H8F4N2O2S. The minimum Gasteiger partial charge on any atom is -0.475 e. The predicted molar refractivity (Wildman–Crippen MR) is 59.1 cm³/mol. The van der Waals surface area contributed by atoms with Gasteiger partial charge in [-0.05, 0) is 12.1 Å². The predicted octanol–water partition coefficient (Wildman–Crippen LogP) is 1.60. The first-order valence-electron chi connectivity index (χ1n) is 4.25. The number of hydrazine groups is 1. The number of halogens is 4. The summed E-state index contributed by atoms with van der Waals surface area (Å²) in [5.41, 5.74) is 2.54. The van der Waals surface area contributed by atoms with Gasteiger partial charge in [0, 0.05) is 5.56 Å². The van der Waals surface area contributed by atoms with E-state index in [1.807, 2.05) is 0 Å². The van der Waals surface area contributed by atoms with Crippen LogP contribution in [0.4, 0.5) is 17.6 Å². The SMILES string of the molecule is NNC(=S)c1ccccc1F.O=C(O)C(F)(F)F. The molecule has 0 atom stereocenters. The van der Waals surface area contributed by atoms with Gasteiger partial charge in [-0.15, -0.1) is 0 Å². The van der Waals surface area contributed by atoms with Crippen LogP contribution in [0.3, 0.4) is 0 Å². The number of benzene rings is 1. The Morgan fingerprint density at radius 1 is 1.33 bits per heavy atom. The van der Waals surface area contributed by atoms with Crippen LogP contribution in [0.2, 0.25) is 0 Å². The first-order valence-corrected chi connectivity index (χ1v) is 4.66. The Hall–Kier alpha value is -1.74. The van der Waals surface area contributed by atoms with Crippen LogP contribution in [0.1, 0.15) is 5.56 Å². The Labute approximate surface area is 104 Å². The molecule has 9 heteroatoms. The molecule has 0 unspecified atom stereocenters. The molecular weight excluding hydrogens is 276 g/mol. The average Bonchev–Trinajstić information content (AvgIpc) is 2.28. The number of nitrogens with two attached hydrogens (primary N) is 1. The largest absolute Gasteiger partial charge is 0.490 e. The number of nitrogens with one attached hydrogen (secondary N) is 1. The fraction of sp³-hybridized carbons (Fsp3) is 0.111. The highest BCUT2D eigenvalue weighted by molar-refractivity contribution is 7.80. The Kier molecular flexibility index (Phi) is 6.20. The van der Waals surface area contributed by atoms with Gasteiger partial charge in [-0.2, -0.15) is 13.2 Å². The first-order chi connectivity index (χ1) is 8.20. The summed E-state index contributed by atoms with van der Waals surface area (Å²) in [5.74, 6) is 1.89. The van der Waals surface area contributed by atoms with Crippen molar-refractivity contribution in [2.24, 2.45) is 5.84 Å². The van der Waals surface area contributed by atoms with Crippen LogP contribution in [-0.2, 0) is 4.79 Å². The third kappa shape index (κ3) is 5.55. The Bertz CT molecular complexity index is 437. The lowest BCUT2D eigenvalue weighted by Gasteiger charge is -2.02. The lowest BCUT2D eigenvalue weighted by atomic mass is 10.2. The van der Waals surface area contributed by atoms with Crippen LogP contribution in [0, 0.1) is 5.82 Å². The van der Waals surface area contributed by atoms with Crippen molar-refractivity contribution in [2.75, 3.05) is 0 Å². The smallest absolute Gasteiger partial charge is 0.475 e. The zero-order valence-corrected chi connectivity index (χ0v) is 9.48. The first kappa shape index (κ1) is 16.3. The van der Waals surface area contributed by atoms with Gasteiger partial charge in [-0.25, -0.2) is 15.0 Å². The molecule has 0 aliphatic heterocycles. The van der Waals surface area contributed by atoms with Gasteiger partial charge in [-0.1, -0.05) is 24.4 Å². The molecule has 4 nitrogen and oxygen atoms in total. The number of carboxylic acid groups (broad SMARTS) is 1. The molecule has 100 valence electrons. The van der Waals surface area contributed by atoms with Gasteiger partial charge < -0.3 is 10.5 Å². The van der Waals surface area contributed by atoms with Gasteiger partial charge in [0.15, 0.2) is 0 Å². The van der Waals surface area contributed by atoms with Crippen LogP contribution >= 0.6 is 12.2 Å². The van der Waals surface area contributed by atoms with Crippen molar-refractivity contribution >= 4 is 23.2 Å². The van der Waals surface area contributed by atoms with Crippen molar-refractivity contribution in [3.8, 4) is 0 Å². The topological polar surface area (TPSA) is 75.3 Å². The minimum atomic E-state index is -5.08. The number of hydrogen-bond acceptors (Lipinski definition) is 3. The van der Waals surface area contributed by atoms with E-state index in [1.54, 1.807) is 18.2 Å². The summed E-state index contributed by atoms with van der Waals surface area (Å²) < 4.78 is 44.6. The third-order valence-corrected chi connectivity index (χ3v) is 1.83. The number of aliphatic carboxylic acids is 1. The second-order valence-electron chi connectivity index (χ2n) is 2.76. The van der Waals surface area contributed by atoms with Crippen molar-refractivity contribution in [1.82, 2.24) is 5.43 Å². The van der Waals surface area contributed by atoms with E-state index in [0.717, 1.165) is 0 Å². The minimum absolute atomic E-state index is 0.211. The molecule has 0 saturated heterocycles. The van der Waals surface area contributed by atoms with Gasteiger partial charge in [0.2, 0.25) is 0 Å². The van der Waals surface area contributed by atoms with E-state index in [0.29, 0.717) is 5.56 Å². The summed E-state index contributed by atoms with van der Waals surface area (Å²) in [6.45, 7) is 0. The number of alkyl halides is 3. The highest BCUT2D eigenvalue weighted by Gasteiger charge is 2.38. The second-order valence-corrected chi connectivity index (χ2v) is 3.16. The van der Waals surface area contributed by atoms with Crippen LogP contribution in [-0.4, -0.2) is 22.2 Å². The molecule has 4 N–H and O–H groups in total. The van der Waals surface area contributed by atoms with Crippen molar-refractivity contribution < 1.29 is 27.5 Å². The standard InChI is InChI=1S/C7H7FN2S.C2HF3O2/c8-6-4-2-1-3-5(6)7(11)10-9;3-2(4,5)1(6)7/h1-4H,9H2,(H,10,11);(H,6,7). The maximum atomic E-state index is 12.8. The van der Waals surface area contributed by atoms with E-state index in [-0.39, 0.29) is 10.8 Å². The zero-order valence-electron chi connectivity index (χ0n) is 8.66. The van der Waals surface area contributed by atoms with Crippen LogP contribution in [0.5, 0.6) is 0 Å². The molecule has 1 aromatic carbocycles. The number of thiocarbonyl (C=S) groups is 1. The number of rotatable bonds is 1. The number of carbonyl (C=O) groups is 1. The lowest BCUT2D eigenvalue weighted by Crippen LogP contribution is -2.29. The summed E-state index contributed by atoms with van der Waals surface area (Å²) in [4.78, 5) is 9.11. The van der Waals surface area contributed by atoms with E-state index in [9.17, 15) is 17.6 Å². The Morgan fingerprint density at radius 2 is 1.78 bits per heavy atom. The average molecular weight is 284 g/mol. The van der Waals surface area contributed by atoms with E-state index >= 15 is 0 Å². The maximum Gasteiger partial charge on any atom is 0.490 e. The summed E-state index contributed by atoms with van der Waals surface area (Å²) >= 11 is 4.73. The van der Waals surface area contributed by atoms with Gasteiger partial charge in [0.25, 0.3) is 0 Å². The molecule has 0 aromatic heterocycles. The van der Waals surface area contributed by atoms with Gasteiger partial charge in [0.1, 0.15) is 10.8 Å². The van der Waals surface area contributed by atoms with Crippen LogP contribution in [0.15, 0.2) is 24.3 Å². The molecule has 0 saturated carbocycles. The molecule has 0 radical (unpaired) electrons. The normalized spacial score (nSPS) is 10.1. The molecule has 0 aliphatic rings. The molecule has 0 bridgehead atoms. The summed E-state index contributed by atoms with van der Waals surface area (Å²) in [6.07, 6.45) is -5.08. The highest BCUT2D eigenvalue weighted by Crippen LogP contribution is 2.13. The lowest BCUT2D eigenvalue weighted by molar-refractivity contribution is -0.192. The second kappa shape index (κ2) is 6.87. The summed E-state index contributed by atoms with van der Waals surface area (Å²) in [5, 5.41) is 7.12. The van der Waals surface area contributed by atoms with Crippen molar-refractivity contribution in [2.45, 2.75) is 6.18 Å². The van der Waals surface area contributed by atoms with Gasteiger partial charge in [0.05, 0.1) is 0 Å². The van der Waals surface area contributed by atoms with E-state index in [2.05, 4.69) is 5.43 Å². The Morgan fingerprint density at radius 3 is 2.11 bits per heavy atom. The zero-order chi connectivity index (χ0) is 14.3. The fourth-order valence-electron chi connectivity index (χ4n) is 0.723. The van der Waals surface area contributed by atoms with E-state index < -0.39 is 12.1 Å². The third-order valence-electron chi connectivity index (χ3n) is 1.49. The van der Waals surface area contributed by atoms with E-state index in [4.69, 9.17) is 28.0 Å². The monoisotopic (exact) mass is 284 g/mol. The molecule has 0 amide bonds. The summed E-state index contributed by atoms with van der Waals surface area (Å²) in [7, 11) is 0. The molecule has 1 aromatic rings. The van der Waals surface area contributed by atoms with Gasteiger partial charge >= 0.3 is 12.1 Å².